The van der Waals surface area contributed by atoms with Crippen molar-refractivity contribution in [1.82, 2.24) is 15.2 Å². The molecule has 1 saturated heterocycles. The van der Waals surface area contributed by atoms with Crippen LogP contribution in [0.3, 0.4) is 0 Å². The van der Waals surface area contributed by atoms with Gasteiger partial charge in [0.15, 0.2) is 0 Å². The zero-order chi connectivity index (χ0) is 16.1. The zero-order valence-electron chi connectivity index (χ0n) is 13.7. The monoisotopic (exact) mass is 319 g/mol. The zero-order valence-corrected chi connectivity index (χ0v) is 13.7. The van der Waals surface area contributed by atoms with Gasteiger partial charge < -0.3 is 19.7 Å². The molecule has 1 amide bonds. The molecule has 3 rings (SSSR count). The second kappa shape index (κ2) is 7.75. The van der Waals surface area contributed by atoms with Crippen molar-refractivity contribution in [2.45, 2.75) is 25.3 Å². The molecule has 1 aliphatic carbocycles. The molecular formula is C17H25N3O3. The topological polar surface area (TPSA) is 63.7 Å². The quantitative estimate of drug-likeness (QED) is 0.732. The first-order valence-corrected chi connectivity index (χ1v) is 8.37. The van der Waals surface area contributed by atoms with Gasteiger partial charge in [-0.1, -0.05) is 0 Å². The summed E-state index contributed by atoms with van der Waals surface area (Å²) < 4.78 is 10.5. The first kappa shape index (κ1) is 16.2. The summed E-state index contributed by atoms with van der Waals surface area (Å²) in [7, 11) is 1.61. The molecule has 0 spiro atoms. The fourth-order valence-corrected chi connectivity index (χ4v) is 3.03. The number of carbonyl (C=O) groups is 1. The van der Waals surface area contributed by atoms with Gasteiger partial charge in [-0.25, -0.2) is 4.98 Å². The highest BCUT2D eigenvalue weighted by Gasteiger charge is 2.34. The predicted molar refractivity (Wildman–Crippen MR) is 86.6 cm³/mol. The van der Waals surface area contributed by atoms with Gasteiger partial charge in [0.05, 0.1) is 6.61 Å². The number of aromatic nitrogens is 1. The van der Waals surface area contributed by atoms with E-state index in [1.54, 1.807) is 25.4 Å². The standard InChI is InChI=1S/C17H25N3O3/c1-22-9-10-23-17-15(3-2-7-18-17)16(21)19-11-13-6-8-20(12-13)14-4-5-14/h2-3,7,13-14H,4-6,8-12H2,1H3,(H,19,21)/t13-/m0/s1. The molecular weight excluding hydrogens is 294 g/mol. The number of hydrogen-bond donors (Lipinski definition) is 1. The average Bonchev–Trinajstić information content (AvgIpc) is 3.32. The van der Waals surface area contributed by atoms with Crippen LogP contribution in [0.4, 0.5) is 0 Å². The molecule has 0 bridgehead atoms. The number of amides is 1. The third-order valence-corrected chi connectivity index (χ3v) is 4.47. The molecule has 0 radical (unpaired) electrons. The lowest BCUT2D eigenvalue weighted by Crippen LogP contribution is -2.31. The number of hydrogen-bond acceptors (Lipinski definition) is 5. The molecule has 1 aromatic rings. The number of pyridine rings is 1. The van der Waals surface area contributed by atoms with E-state index >= 15 is 0 Å². The summed E-state index contributed by atoms with van der Waals surface area (Å²) in [6.07, 6.45) is 5.48. The van der Waals surface area contributed by atoms with Crippen LogP contribution in [0.25, 0.3) is 0 Å². The van der Waals surface area contributed by atoms with Crippen molar-refractivity contribution in [3.05, 3.63) is 23.9 Å². The highest BCUT2D eigenvalue weighted by molar-refractivity contribution is 5.96. The van der Waals surface area contributed by atoms with Gasteiger partial charge in [0.2, 0.25) is 5.88 Å². The van der Waals surface area contributed by atoms with E-state index in [0.717, 1.165) is 12.6 Å². The third kappa shape index (κ3) is 4.42. The van der Waals surface area contributed by atoms with Crippen LogP contribution in [-0.2, 0) is 4.74 Å². The van der Waals surface area contributed by atoms with E-state index in [1.807, 2.05) is 0 Å². The molecule has 1 saturated carbocycles. The van der Waals surface area contributed by atoms with Crippen LogP contribution in [0.15, 0.2) is 18.3 Å². The third-order valence-electron chi connectivity index (χ3n) is 4.47. The van der Waals surface area contributed by atoms with Crippen LogP contribution in [0.5, 0.6) is 5.88 Å². The van der Waals surface area contributed by atoms with Crippen LogP contribution in [0.1, 0.15) is 29.6 Å². The van der Waals surface area contributed by atoms with Gasteiger partial charge in [-0.15, -0.1) is 0 Å². The summed E-state index contributed by atoms with van der Waals surface area (Å²) in [4.78, 5) is 19.1. The van der Waals surface area contributed by atoms with Crippen LogP contribution in [0, 0.1) is 5.92 Å². The Hall–Kier alpha value is -1.66. The minimum atomic E-state index is -0.115. The Morgan fingerprint density at radius 2 is 2.26 bits per heavy atom. The smallest absolute Gasteiger partial charge is 0.256 e. The molecule has 0 unspecified atom stereocenters. The second-order valence-electron chi connectivity index (χ2n) is 6.29. The summed E-state index contributed by atoms with van der Waals surface area (Å²) in [5.41, 5.74) is 0.487. The summed E-state index contributed by atoms with van der Waals surface area (Å²) in [5, 5.41) is 3.03. The molecule has 2 fully saturated rings. The molecule has 0 aromatic carbocycles. The highest BCUT2D eigenvalue weighted by Crippen LogP contribution is 2.31. The van der Waals surface area contributed by atoms with Gasteiger partial charge in [-0.05, 0) is 43.9 Å². The van der Waals surface area contributed by atoms with Crippen molar-refractivity contribution in [1.29, 1.82) is 0 Å². The van der Waals surface area contributed by atoms with Gasteiger partial charge in [-0.3, -0.25) is 4.79 Å². The molecule has 1 atom stereocenters. The molecule has 1 aliphatic heterocycles. The van der Waals surface area contributed by atoms with Gasteiger partial charge in [0.1, 0.15) is 12.2 Å². The van der Waals surface area contributed by atoms with Crippen LogP contribution < -0.4 is 10.1 Å². The number of nitrogens with one attached hydrogen (secondary N) is 1. The van der Waals surface area contributed by atoms with Crippen LogP contribution >= 0.6 is 0 Å². The summed E-state index contributed by atoms with van der Waals surface area (Å²) in [6, 6.07) is 4.31. The van der Waals surface area contributed by atoms with Crippen molar-refractivity contribution in [2.24, 2.45) is 5.92 Å². The Bertz CT molecular complexity index is 534. The molecule has 1 N–H and O–H groups in total. The van der Waals surface area contributed by atoms with E-state index in [0.29, 0.717) is 37.1 Å². The molecule has 1 aromatic heterocycles. The Labute approximate surface area is 137 Å². The van der Waals surface area contributed by atoms with Gasteiger partial charge in [0.25, 0.3) is 5.91 Å². The highest BCUT2D eigenvalue weighted by atomic mass is 16.5. The summed E-state index contributed by atoms with van der Waals surface area (Å²) in [5.74, 6) is 0.803. The number of likely N-dealkylation sites (tertiary alicyclic amines) is 1. The van der Waals surface area contributed by atoms with Crippen molar-refractivity contribution >= 4 is 5.91 Å². The van der Waals surface area contributed by atoms with Crippen LogP contribution in [0.2, 0.25) is 0 Å². The second-order valence-corrected chi connectivity index (χ2v) is 6.29. The van der Waals surface area contributed by atoms with Gasteiger partial charge in [-0.2, -0.15) is 0 Å². The number of ether oxygens (including phenoxy) is 2. The first-order chi connectivity index (χ1) is 11.3. The maximum atomic E-state index is 12.4. The Kier molecular flexibility index (Phi) is 5.46. The molecule has 6 heteroatoms. The van der Waals surface area contributed by atoms with E-state index in [-0.39, 0.29) is 5.91 Å². The molecule has 2 heterocycles. The molecule has 2 aliphatic rings. The SMILES string of the molecule is COCCOc1ncccc1C(=O)NC[C@@H]1CCN(C2CC2)C1. The van der Waals surface area contributed by atoms with E-state index in [2.05, 4.69) is 15.2 Å². The van der Waals surface area contributed by atoms with Crippen molar-refractivity contribution in [2.75, 3.05) is 40.0 Å². The Balaban J connectivity index is 1.49. The molecule has 126 valence electrons. The maximum Gasteiger partial charge on any atom is 0.256 e. The molecule has 6 nitrogen and oxygen atoms in total. The van der Waals surface area contributed by atoms with Gasteiger partial charge in [0, 0.05) is 32.4 Å². The predicted octanol–water partition coefficient (Wildman–Crippen LogP) is 1.32. The van der Waals surface area contributed by atoms with E-state index in [1.165, 1.54) is 25.8 Å². The van der Waals surface area contributed by atoms with Crippen molar-refractivity contribution < 1.29 is 14.3 Å². The summed E-state index contributed by atoms with van der Waals surface area (Å²) in [6.45, 7) is 3.84. The largest absolute Gasteiger partial charge is 0.475 e. The number of nitrogens with zero attached hydrogens (tertiary/aromatic N) is 2. The first-order valence-electron chi connectivity index (χ1n) is 8.37. The summed E-state index contributed by atoms with van der Waals surface area (Å²) >= 11 is 0. The fraction of sp³-hybridized carbons (Fsp3) is 0.647. The maximum absolute atomic E-state index is 12.4. The van der Waals surface area contributed by atoms with Crippen molar-refractivity contribution in [3.8, 4) is 5.88 Å². The van der Waals surface area contributed by atoms with Crippen molar-refractivity contribution in [3.63, 3.8) is 0 Å². The van der Waals surface area contributed by atoms with Crippen LogP contribution in [-0.4, -0.2) is 61.8 Å². The number of rotatable bonds is 8. The minimum absolute atomic E-state index is 0.115. The Morgan fingerprint density at radius 1 is 1.39 bits per heavy atom. The van der Waals surface area contributed by atoms with E-state index in [4.69, 9.17) is 9.47 Å². The lowest BCUT2D eigenvalue weighted by atomic mass is 10.1. The van der Waals surface area contributed by atoms with Gasteiger partial charge >= 0.3 is 0 Å². The number of carbonyl (C=O) groups excluding carboxylic acids is 1. The minimum Gasteiger partial charge on any atom is -0.475 e. The van der Waals surface area contributed by atoms with E-state index < -0.39 is 0 Å². The number of methoxy groups -OCH3 is 1. The Morgan fingerprint density at radius 3 is 3.04 bits per heavy atom. The van der Waals surface area contributed by atoms with E-state index in [9.17, 15) is 4.79 Å². The average molecular weight is 319 g/mol. The normalized spacial score (nSPS) is 21.3. The molecule has 23 heavy (non-hydrogen) atoms. The fourth-order valence-electron chi connectivity index (χ4n) is 3.03. The lowest BCUT2D eigenvalue weighted by Gasteiger charge is -2.15. The lowest BCUT2D eigenvalue weighted by molar-refractivity contribution is 0.0938.